The number of hydrogen-bond acceptors (Lipinski definition) is 4. The topological polar surface area (TPSA) is 51.2 Å². The summed E-state index contributed by atoms with van der Waals surface area (Å²) in [5.41, 5.74) is 2.41. The van der Waals surface area contributed by atoms with Crippen LogP contribution in [-0.2, 0) is 0 Å². The van der Waals surface area contributed by atoms with Gasteiger partial charge in [0, 0.05) is 10.6 Å². The van der Waals surface area contributed by atoms with Crippen LogP contribution in [0.1, 0.15) is 10.4 Å². The van der Waals surface area contributed by atoms with Crippen molar-refractivity contribution in [1.82, 2.24) is 4.98 Å². The molecule has 1 heterocycles. The first-order valence-corrected chi connectivity index (χ1v) is 9.93. The molecular weight excluding hydrogens is 415 g/mol. The van der Waals surface area contributed by atoms with E-state index in [0.29, 0.717) is 32.6 Å². The van der Waals surface area contributed by atoms with E-state index in [2.05, 4.69) is 10.3 Å². The van der Waals surface area contributed by atoms with E-state index in [-0.39, 0.29) is 5.91 Å². The molecule has 7 heteroatoms. The van der Waals surface area contributed by atoms with Crippen LogP contribution in [0.4, 0.5) is 5.69 Å². The number of anilines is 1. The largest absolute Gasteiger partial charge is 0.496 e. The standard InChI is InChI=1S/C21H14Cl2N2O2S/c1-27-17-8-4-2-6-13(17)20(26)25-19-14(10-12(22)11-15(19)23)21-24-16-7-3-5-9-18(16)28-21/h2-11H,1H3,(H,25,26). The van der Waals surface area contributed by atoms with Gasteiger partial charge in [-0.15, -0.1) is 11.3 Å². The third-order valence-corrected chi connectivity index (χ3v) is 5.76. The molecule has 0 unspecified atom stereocenters. The molecule has 4 rings (SSSR count). The fraction of sp³-hybridized carbons (Fsp3) is 0.0476. The molecule has 140 valence electrons. The maximum absolute atomic E-state index is 12.9. The fourth-order valence-corrected chi connectivity index (χ4v) is 4.40. The van der Waals surface area contributed by atoms with Crippen molar-refractivity contribution in [2.75, 3.05) is 12.4 Å². The summed E-state index contributed by atoms with van der Waals surface area (Å²) in [7, 11) is 1.52. The van der Waals surface area contributed by atoms with Gasteiger partial charge in [0.15, 0.2) is 0 Å². The molecule has 0 aliphatic carbocycles. The van der Waals surface area contributed by atoms with Crippen molar-refractivity contribution in [1.29, 1.82) is 0 Å². The van der Waals surface area contributed by atoms with Crippen LogP contribution >= 0.6 is 34.5 Å². The van der Waals surface area contributed by atoms with E-state index < -0.39 is 0 Å². The zero-order valence-corrected chi connectivity index (χ0v) is 17.0. The molecule has 28 heavy (non-hydrogen) atoms. The highest BCUT2D eigenvalue weighted by molar-refractivity contribution is 7.21. The molecule has 0 atom stereocenters. The van der Waals surface area contributed by atoms with E-state index in [1.165, 1.54) is 18.4 Å². The maximum atomic E-state index is 12.9. The Morgan fingerprint density at radius 2 is 1.82 bits per heavy atom. The van der Waals surface area contributed by atoms with Gasteiger partial charge >= 0.3 is 0 Å². The smallest absolute Gasteiger partial charge is 0.259 e. The summed E-state index contributed by atoms with van der Waals surface area (Å²) >= 11 is 14.2. The van der Waals surface area contributed by atoms with Gasteiger partial charge in [0.1, 0.15) is 10.8 Å². The van der Waals surface area contributed by atoms with Crippen LogP contribution in [0.25, 0.3) is 20.8 Å². The minimum absolute atomic E-state index is 0.330. The van der Waals surface area contributed by atoms with Gasteiger partial charge in [-0.3, -0.25) is 4.79 Å². The lowest BCUT2D eigenvalue weighted by Crippen LogP contribution is -2.14. The predicted molar refractivity (Wildman–Crippen MR) is 116 cm³/mol. The zero-order valence-electron chi connectivity index (χ0n) is 14.7. The molecule has 0 aliphatic rings. The molecule has 4 nitrogen and oxygen atoms in total. The maximum Gasteiger partial charge on any atom is 0.259 e. The van der Waals surface area contributed by atoms with Crippen LogP contribution in [0, 0.1) is 0 Å². The second kappa shape index (κ2) is 7.80. The van der Waals surface area contributed by atoms with Crippen molar-refractivity contribution in [3.05, 3.63) is 76.3 Å². The van der Waals surface area contributed by atoms with E-state index in [0.717, 1.165) is 15.2 Å². The number of halogens is 2. The molecule has 1 amide bonds. The molecule has 1 N–H and O–H groups in total. The Morgan fingerprint density at radius 3 is 2.61 bits per heavy atom. The summed E-state index contributed by atoms with van der Waals surface area (Å²) in [4.78, 5) is 17.6. The SMILES string of the molecule is COc1ccccc1C(=O)Nc1c(Cl)cc(Cl)cc1-c1nc2ccccc2s1. The number of ether oxygens (including phenoxy) is 1. The summed E-state index contributed by atoms with van der Waals surface area (Å²) in [5.74, 6) is 0.149. The van der Waals surface area contributed by atoms with Crippen molar-refractivity contribution in [3.63, 3.8) is 0 Å². The van der Waals surface area contributed by atoms with Crippen molar-refractivity contribution in [2.24, 2.45) is 0 Å². The molecule has 0 radical (unpaired) electrons. The summed E-state index contributed by atoms with van der Waals surface area (Å²) in [6, 6.07) is 18.2. The number of amides is 1. The Hall–Kier alpha value is -2.60. The number of para-hydroxylation sites is 2. The molecule has 4 aromatic rings. The van der Waals surface area contributed by atoms with E-state index in [9.17, 15) is 4.79 Å². The van der Waals surface area contributed by atoms with Crippen LogP contribution in [0.5, 0.6) is 5.75 Å². The average Bonchev–Trinajstić information content (AvgIpc) is 3.13. The second-order valence-corrected chi connectivity index (χ2v) is 7.83. The number of nitrogens with zero attached hydrogens (tertiary/aromatic N) is 1. The average molecular weight is 429 g/mol. The van der Waals surface area contributed by atoms with Gasteiger partial charge in [-0.1, -0.05) is 47.5 Å². The Kier molecular flexibility index (Phi) is 5.22. The van der Waals surface area contributed by atoms with Gasteiger partial charge in [0.05, 0.1) is 33.6 Å². The number of nitrogens with one attached hydrogen (secondary N) is 1. The number of thiazole rings is 1. The third kappa shape index (κ3) is 3.56. The summed E-state index contributed by atoms with van der Waals surface area (Å²) < 4.78 is 6.32. The quantitative estimate of drug-likeness (QED) is 0.401. The summed E-state index contributed by atoms with van der Waals surface area (Å²) in [6.45, 7) is 0. The van der Waals surface area contributed by atoms with Crippen LogP contribution in [0.15, 0.2) is 60.7 Å². The highest BCUT2D eigenvalue weighted by Gasteiger charge is 2.19. The lowest BCUT2D eigenvalue weighted by atomic mass is 10.1. The molecular formula is C21H14Cl2N2O2S. The Labute approximate surface area is 175 Å². The second-order valence-electron chi connectivity index (χ2n) is 5.95. The molecule has 0 aliphatic heterocycles. The van der Waals surface area contributed by atoms with Crippen LogP contribution in [0.2, 0.25) is 10.0 Å². The van der Waals surface area contributed by atoms with Crippen LogP contribution in [-0.4, -0.2) is 18.0 Å². The monoisotopic (exact) mass is 428 g/mol. The number of methoxy groups -OCH3 is 1. The normalized spacial score (nSPS) is 10.8. The number of fused-ring (bicyclic) bond motifs is 1. The fourth-order valence-electron chi connectivity index (χ4n) is 2.87. The van der Waals surface area contributed by atoms with Gasteiger partial charge in [0.2, 0.25) is 0 Å². The van der Waals surface area contributed by atoms with Gasteiger partial charge in [-0.05, 0) is 36.4 Å². The zero-order chi connectivity index (χ0) is 19.7. The van der Waals surface area contributed by atoms with Gasteiger partial charge in [-0.25, -0.2) is 4.98 Å². The first-order valence-electron chi connectivity index (χ1n) is 8.36. The first-order chi connectivity index (χ1) is 13.6. The third-order valence-electron chi connectivity index (χ3n) is 4.17. The number of rotatable bonds is 4. The molecule has 0 saturated heterocycles. The molecule has 0 saturated carbocycles. The van der Waals surface area contributed by atoms with E-state index in [1.807, 2.05) is 24.3 Å². The van der Waals surface area contributed by atoms with Crippen molar-refractivity contribution >= 4 is 56.3 Å². The van der Waals surface area contributed by atoms with Gasteiger partial charge in [-0.2, -0.15) is 0 Å². The summed E-state index contributed by atoms with van der Waals surface area (Å²) in [6.07, 6.45) is 0. The number of benzene rings is 3. The highest BCUT2D eigenvalue weighted by Crippen LogP contribution is 2.40. The minimum Gasteiger partial charge on any atom is -0.496 e. The molecule has 0 bridgehead atoms. The number of aromatic nitrogens is 1. The molecule has 1 aromatic heterocycles. The molecule has 3 aromatic carbocycles. The minimum atomic E-state index is -0.330. The first kappa shape index (κ1) is 18.7. The van der Waals surface area contributed by atoms with E-state index in [1.54, 1.807) is 36.4 Å². The number of carbonyl (C=O) groups is 1. The highest BCUT2D eigenvalue weighted by atomic mass is 35.5. The number of hydrogen-bond donors (Lipinski definition) is 1. The predicted octanol–water partition coefficient (Wildman–Crippen LogP) is 6.53. The summed E-state index contributed by atoms with van der Waals surface area (Å²) in [5, 5.41) is 4.43. The molecule has 0 spiro atoms. The van der Waals surface area contributed by atoms with E-state index in [4.69, 9.17) is 27.9 Å². The van der Waals surface area contributed by atoms with Crippen LogP contribution in [0.3, 0.4) is 0 Å². The Bertz CT molecular complexity index is 1160. The van der Waals surface area contributed by atoms with E-state index >= 15 is 0 Å². The van der Waals surface area contributed by atoms with Crippen molar-refractivity contribution < 1.29 is 9.53 Å². The van der Waals surface area contributed by atoms with Gasteiger partial charge < -0.3 is 10.1 Å². The van der Waals surface area contributed by atoms with Crippen molar-refractivity contribution in [3.8, 4) is 16.3 Å². The van der Waals surface area contributed by atoms with Crippen molar-refractivity contribution in [2.45, 2.75) is 0 Å². The molecule has 0 fully saturated rings. The number of carbonyl (C=O) groups excluding carboxylic acids is 1. The Morgan fingerprint density at radius 1 is 1.07 bits per heavy atom. The lowest BCUT2D eigenvalue weighted by Gasteiger charge is -2.14. The lowest BCUT2D eigenvalue weighted by molar-refractivity contribution is 0.102. The van der Waals surface area contributed by atoms with Crippen LogP contribution < -0.4 is 10.1 Å². The Balaban J connectivity index is 1.80. The van der Waals surface area contributed by atoms with Gasteiger partial charge in [0.25, 0.3) is 5.91 Å².